The summed E-state index contributed by atoms with van der Waals surface area (Å²) in [6.45, 7) is 2.84. The van der Waals surface area contributed by atoms with E-state index >= 15 is 0 Å². The monoisotopic (exact) mass is 345 g/mol. The molecule has 4 nitrogen and oxygen atoms in total. The van der Waals surface area contributed by atoms with Crippen LogP contribution in [0.4, 0.5) is 5.69 Å². The summed E-state index contributed by atoms with van der Waals surface area (Å²) in [5, 5.41) is 6.05. The van der Waals surface area contributed by atoms with Gasteiger partial charge in [-0.05, 0) is 35.9 Å². The molecule has 0 aliphatic rings. The lowest BCUT2D eigenvalue weighted by atomic mass is 10.1. The summed E-state index contributed by atoms with van der Waals surface area (Å²) < 4.78 is 11.4. The number of carbonyl (C=O) groups is 1. The van der Waals surface area contributed by atoms with Crippen LogP contribution in [0.2, 0.25) is 0 Å². The predicted molar refractivity (Wildman–Crippen MR) is 103 cm³/mol. The van der Waals surface area contributed by atoms with E-state index in [1.165, 1.54) is 0 Å². The minimum absolute atomic E-state index is 0.272. The summed E-state index contributed by atoms with van der Waals surface area (Å²) in [6, 6.07) is 21.5. The molecule has 1 amide bonds. The molecule has 1 aromatic heterocycles. The molecule has 0 unspecified atom stereocenters. The number of amides is 1. The lowest BCUT2D eigenvalue weighted by Crippen LogP contribution is -2.13. The molecule has 0 radical (unpaired) electrons. The van der Waals surface area contributed by atoms with Crippen LogP contribution in [0.15, 0.2) is 71.1 Å². The zero-order chi connectivity index (χ0) is 17.9. The Labute approximate surface area is 151 Å². The number of nitrogens with one attached hydrogen (secondary N) is 1. The van der Waals surface area contributed by atoms with Crippen molar-refractivity contribution in [1.82, 2.24) is 0 Å². The Morgan fingerprint density at radius 1 is 1.00 bits per heavy atom. The first-order chi connectivity index (χ1) is 12.8. The van der Waals surface area contributed by atoms with Crippen molar-refractivity contribution >= 4 is 33.3 Å². The van der Waals surface area contributed by atoms with E-state index in [0.29, 0.717) is 24.6 Å². The third-order valence-corrected chi connectivity index (χ3v) is 4.36. The molecular formula is C22H19NO3. The fourth-order valence-corrected chi connectivity index (χ4v) is 3.08. The second-order valence-electron chi connectivity index (χ2n) is 6.06. The zero-order valence-corrected chi connectivity index (χ0v) is 14.5. The van der Waals surface area contributed by atoms with Gasteiger partial charge in [-0.15, -0.1) is 0 Å². The molecule has 1 heterocycles. The van der Waals surface area contributed by atoms with Crippen LogP contribution in [0, 0.1) is 0 Å². The van der Waals surface area contributed by atoms with E-state index in [1.807, 2.05) is 73.7 Å². The first-order valence-corrected chi connectivity index (χ1v) is 8.64. The predicted octanol–water partition coefficient (Wildman–Crippen LogP) is 5.37. The van der Waals surface area contributed by atoms with Gasteiger partial charge in [0.15, 0.2) is 5.76 Å². The van der Waals surface area contributed by atoms with Gasteiger partial charge in [-0.1, -0.05) is 48.5 Å². The standard InChI is InChI=1S/C22H19NO3/c1-2-25-14-19-18-9-5-6-10-20(18)26-21(19)22(24)23-17-12-11-15-7-3-4-8-16(15)13-17/h3-13H,2,14H2,1H3,(H,23,24). The lowest BCUT2D eigenvalue weighted by molar-refractivity contribution is 0.0984. The molecule has 0 atom stereocenters. The number of furan rings is 1. The van der Waals surface area contributed by atoms with Gasteiger partial charge in [0.2, 0.25) is 0 Å². The highest BCUT2D eigenvalue weighted by atomic mass is 16.5. The molecule has 3 aromatic carbocycles. The number of anilines is 1. The lowest BCUT2D eigenvalue weighted by Gasteiger charge is -2.07. The Morgan fingerprint density at radius 3 is 2.62 bits per heavy atom. The average molecular weight is 345 g/mol. The van der Waals surface area contributed by atoms with Crippen molar-refractivity contribution in [2.24, 2.45) is 0 Å². The summed E-state index contributed by atoms with van der Waals surface area (Å²) in [5.74, 6) is 0.0268. The van der Waals surface area contributed by atoms with E-state index in [4.69, 9.17) is 9.15 Å². The van der Waals surface area contributed by atoms with Gasteiger partial charge in [-0.2, -0.15) is 0 Å². The van der Waals surface area contributed by atoms with Crippen LogP contribution in [-0.2, 0) is 11.3 Å². The Morgan fingerprint density at radius 2 is 1.77 bits per heavy atom. The van der Waals surface area contributed by atoms with Crippen molar-refractivity contribution in [3.63, 3.8) is 0 Å². The number of ether oxygens (including phenoxy) is 1. The van der Waals surface area contributed by atoms with E-state index in [2.05, 4.69) is 5.32 Å². The average Bonchev–Trinajstić information content (AvgIpc) is 3.05. The second-order valence-corrected chi connectivity index (χ2v) is 6.06. The van der Waals surface area contributed by atoms with Gasteiger partial charge in [0, 0.05) is 23.2 Å². The Kier molecular flexibility index (Phi) is 4.42. The van der Waals surface area contributed by atoms with Crippen LogP contribution >= 0.6 is 0 Å². The molecule has 0 aliphatic carbocycles. The highest BCUT2D eigenvalue weighted by molar-refractivity contribution is 6.07. The molecule has 4 rings (SSSR count). The van der Waals surface area contributed by atoms with E-state index < -0.39 is 0 Å². The fraction of sp³-hybridized carbons (Fsp3) is 0.136. The third kappa shape index (κ3) is 3.07. The normalized spacial score (nSPS) is 11.1. The van der Waals surface area contributed by atoms with Crippen LogP contribution < -0.4 is 5.32 Å². The SMILES string of the molecule is CCOCc1c(C(=O)Nc2ccc3ccccc3c2)oc2ccccc12. The number of rotatable bonds is 5. The zero-order valence-electron chi connectivity index (χ0n) is 14.5. The number of benzene rings is 3. The summed E-state index contributed by atoms with van der Waals surface area (Å²) in [5.41, 5.74) is 2.20. The van der Waals surface area contributed by atoms with Crippen LogP contribution in [0.25, 0.3) is 21.7 Å². The Hall–Kier alpha value is -3.11. The number of carbonyl (C=O) groups excluding carboxylic acids is 1. The number of hydrogen-bond acceptors (Lipinski definition) is 3. The van der Waals surface area contributed by atoms with E-state index in [9.17, 15) is 4.79 Å². The summed E-state index contributed by atoms with van der Waals surface area (Å²) in [4.78, 5) is 12.8. The molecule has 0 spiro atoms. The number of hydrogen-bond donors (Lipinski definition) is 1. The molecule has 26 heavy (non-hydrogen) atoms. The molecule has 4 aromatic rings. The highest BCUT2D eigenvalue weighted by Gasteiger charge is 2.20. The van der Waals surface area contributed by atoms with E-state index in [0.717, 1.165) is 27.4 Å². The fourth-order valence-electron chi connectivity index (χ4n) is 3.08. The third-order valence-electron chi connectivity index (χ3n) is 4.36. The van der Waals surface area contributed by atoms with Gasteiger partial charge in [-0.25, -0.2) is 0 Å². The maximum atomic E-state index is 12.8. The Bertz CT molecular complexity index is 1080. The van der Waals surface area contributed by atoms with Crippen molar-refractivity contribution in [1.29, 1.82) is 0 Å². The maximum absolute atomic E-state index is 12.8. The van der Waals surface area contributed by atoms with Crippen molar-refractivity contribution in [2.45, 2.75) is 13.5 Å². The smallest absolute Gasteiger partial charge is 0.291 e. The molecule has 130 valence electrons. The van der Waals surface area contributed by atoms with Gasteiger partial charge in [0.05, 0.1) is 6.61 Å². The quantitative estimate of drug-likeness (QED) is 0.529. The van der Waals surface area contributed by atoms with Gasteiger partial charge in [0.1, 0.15) is 5.58 Å². The van der Waals surface area contributed by atoms with Gasteiger partial charge < -0.3 is 14.5 Å². The van der Waals surface area contributed by atoms with E-state index in [-0.39, 0.29) is 5.91 Å². The first kappa shape index (κ1) is 16.4. The molecule has 0 saturated carbocycles. The molecule has 0 bridgehead atoms. The second kappa shape index (κ2) is 7.02. The Balaban J connectivity index is 1.68. The van der Waals surface area contributed by atoms with Gasteiger partial charge in [-0.3, -0.25) is 4.79 Å². The minimum Gasteiger partial charge on any atom is -0.451 e. The summed E-state index contributed by atoms with van der Waals surface area (Å²) >= 11 is 0. The first-order valence-electron chi connectivity index (χ1n) is 8.64. The molecule has 4 heteroatoms. The van der Waals surface area contributed by atoms with Crippen LogP contribution in [0.3, 0.4) is 0 Å². The molecular weight excluding hydrogens is 326 g/mol. The van der Waals surface area contributed by atoms with Crippen LogP contribution in [0.5, 0.6) is 0 Å². The number of fused-ring (bicyclic) bond motifs is 2. The minimum atomic E-state index is -0.272. The molecule has 0 saturated heterocycles. The number of para-hydroxylation sites is 1. The van der Waals surface area contributed by atoms with Crippen molar-refractivity contribution in [2.75, 3.05) is 11.9 Å². The van der Waals surface area contributed by atoms with E-state index in [1.54, 1.807) is 0 Å². The highest BCUT2D eigenvalue weighted by Crippen LogP contribution is 2.28. The van der Waals surface area contributed by atoms with Gasteiger partial charge >= 0.3 is 0 Å². The topological polar surface area (TPSA) is 51.5 Å². The van der Waals surface area contributed by atoms with Crippen molar-refractivity contribution < 1.29 is 13.9 Å². The largest absolute Gasteiger partial charge is 0.451 e. The van der Waals surface area contributed by atoms with Crippen LogP contribution in [-0.4, -0.2) is 12.5 Å². The molecule has 0 fully saturated rings. The summed E-state index contributed by atoms with van der Waals surface area (Å²) in [7, 11) is 0. The maximum Gasteiger partial charge on any atom is 0.291 e. The molecule has 0 aliphatic heterocycles. The van der Waals surface area contributed by atoms with Crippen molar-refractivity contribution in [3.05, 3.63) is 78.1 Å². The summed E-state index contributed by atoms with van der Waals surface area (Å²) in [6.07, 6.45) is 0. The van der Waals surface area contributed by atoms with Crippen molar-refractivity contribution in [3.8, 4) is 0 Å². The van der Waals surface area contributed by atoms with Gasteiger partial charge in [0.25, 0.3) is 5.91 Å². The van der Waals surface area contributed by atoms with Crippen LogP contribution in [0.1, 0.15) is 23.0 Å². The molecule has 1 N–H and O–H groups in total.